The second-order valence-electron chi connectivity index (χ2n) is 7.91. The summed E-state index contributed by atoms with van der Waals surface area (Å²) in [5.41, 5.74) is 1.59. The summed E-state index contributed by atoms with van der Waals surface area (Å²) >= 11 is 1.27. The van der Waals surface area contributed by atoms with Crippen LogP contribution in [0.3, 0.4) is 0 Å². The molecule has 0 aliphatic carbocycles. The number of halogens is 1. The first kappa shape index (κ1) is 22.5. The van der Waals surface area contributed by atoms with Gasteiger partial charge in [-0.15, -0.1) is 11.3 Å². The van der Waals surface area contributed by atoms with Crippen molar-refractivity contribution in [1.29, 1.82) is 0 Å². The average Bonchev–Trinajstić information content (AvgIpc) is 3.30. The van der Waals surface area contributed by atoms with Gasteiger partial charge in [0.25, 0.3) is 15.9 Å². The summed E-state index contributed by atoms with van der Waals surface area (Å²) in [5, 5.41) is 0.570. The van der Waals surface area contributed by atoms with Gasteiger partial charge in [-0.1, -0.05) is 12.1 Å². The Kier molecular flexibility index (Phi) is 6.09. The van der Waals surface area contributed by atoms with Gasteiger partial charge in [-0.3, -0.25) is 9.52 Å². The maximum atomic E-state index is 14.0. The number of nitrogens with one attached hydrogen (secondary N) is 1. The highest BCUT2D eigenvalue weighted by Gasteiger charge is 2.27. The van der Waals surface area contributed by atoms with E-state index < -0.39 is 15.8 Å². The number of aromatic nitrogens is 2. The molecule has 1 fully saturated rings. The molecule has 1 aliphatic rings. The maximum absolute atomic E-state index is 14.0. The van der Waals surface area contributed by atoms with Crippen LogP contribution >= 0.6 is 11.3 Å². The van der Waals surface area contributed by atoms with Crippen molar-refractivity contribution in [2.75, 3.05) is 17.8 Å². The zero-order chi connectivity index (χ0) is 23.0. The summed E-state index contributed by atoms with van der Waals surface area (Å²) < 4.78 is 44.0. The van der Waals surface area contributed by atoms with Crippen LogP contribution in [0, 0.1) is 19.7 Å². The minimum absolute atomic E-state index is 0.0223. The number of piperidine rings is 1. The minimum atomic E-state index is -4.02. The summed E-state index contributed by atoms with van der Waals surface area (Å²) in [7, 11) is -2.28. The second kappa shape index (κ2) is 8.67. The number of anilines is 1. The highest BCUT2D eigenvalue weighted by molar-refractivity contribution is 7.92. The average molecular weight is 477 g/mol. The fraction of sp³-hybridized carbons (Fsp3) is 0.364. The number of carbonyl (C=O) groups is 1. The number of amides is 1. The van der Waals surface area contributed by atoms with Crippen LogP contribution in [-0.2, 0) is 17.1 Å². The van der Waals surface area contributed by atoms with E-state index in [4.69, 9.17) is 0 Å². The summed E-state index contributed by atoms with van der Waals surface area (Å²) in [6.45, 7) is 4.97. The third-order valence-electron chi connectivity index (χ3n) is 5.75. The second-order valence-corrected chi connectivity index (χ2v) is 10.6. The number of aryl methyl sites for hydroxylation is 1. The van der Waals surface area contributed by atoms with E-state index in [1.807, 2.05) is 4.90 Å². The van der Waals surface area contributed by atoms with Crippen LogP contribution in [0.1, 0.15) is 40.3 Å². The van der Waals surface area contributed by atoms with Crippen LogP contribution in [0.5, 0.6) is 0 Å². The van der Waals surface area contributed by atoms with Crippen LogP contribution in [-0.4, -0.2) is 41.9 Å². The van der Waals surface area contributed by atoms with E-state index >= 15 is 0 Å². The quantitative estimate of drug-likeness (QED) is 0.594. The van der Waals surface area contributed by atoms with E-state index in [-0.39, 0.29) is 16.5 Å². The molecule has 10 heteroatoms. The smallest absolute Gasteiger partial charge is 0.265 e. The number of thiazole rings is 1. The van der Waals surface area contributed by atoms with Crippen LogP contribution in [0.15, 0.2) is 35.2 Å². The van der Waals surface area contributed by atoms with E-state index in [1.54, 1.807) is 31.5 Å². The first-order valence-corrected chi connectivity index (χ1v) is 12.7. The lowest BCUT2D eigenvalue weighted by atomic mass is 10.1. The zero-order valence-corrected chi connectivity index (χ0v) is 19.8. The molecule has 1 saturated heterocycles. The van der Waals surface area contributed by atoms with Crippen LogP contribution < -0.4 is 4.72 Å². The van der Waals surface area contributed by atoms with Gasteiger partial charge >= 0.3 is 0 Å². The number of rotatable bonds is 5. The molecule has 0 atom stereocenters. The highest BCUT2D eigenvalue weighted by Crippen LogP contribution is 2.34. The standard InChI is InChI=1S/C22H25FN4O3S2/c1-14-20(22(28)27-11-7-4-8-12-27)31-21(24-14)18-13-19(15(2)26(18)3)32(29,30)25-17-10-6-5-9-16(17)23/h5-6,9-10,13,25H,4,7-8,11-12H2,1-3H3. The Bertz CT molecular complexity index is 1270. The van der Waals surface area contributed by atoms with E-state index in [0.29, 0.717) is 27.0 Å². The first-order chi connectivity index (χ1) is 15.2. The maximum Gasteiger partial charge on any atom is 0.265 e. The number of carbonyl (C=O) groups excluding carboxylic acids is 1. The number of para-hydroxylation sites is 1. The van der Waals surface area contributed by atoms with Gasteiger partial charge in [-0.2, -0.15) is 0 Å². The molecule has 4 rings (SSSR count). The van der Waals surface area contributed by atoms with Crippen LogP contribution in [0.4, 0.5) is 10.1 Å². The summed E-state index contributed by atoms with van der Waals surface area (Å²) in [6.07, 6.45) is 3.14. The van der Waals surface area contributed by atoms with Crippen molar-refractivity contribution in [2.45, 2.75) is 38.0 Å². The monoisotopic (exact) mass is 476 g/mol. The van der Waals surface area contributed by atoms with Crippen molar-refractivity contribution in [1.82, 2.24) is 14.5 Å². The molecule has 3 heterocycles. The fourth-order valence-corrected chi connectivity index (χ4v) is 6.28. The van der Waals surface area contributed by atoms with Gasteiger partial charge in [-0.25, -0.2) is 17.8 Å². The molecule has 2 aromatic heterocycles. The fourth-order valence-electron chi connectivity index (χ4n) is 3.84. The van der Waals surface area contributed by atoms with Crippen LogP contribution in [0.25, 0.3) is 10.7 Å². The molecular formula is C22H25FN4O3S2. The van der Waals surface area contributed by atoms with Crippen molar-refractivity contribution in [2.24, 2.45) is 7.05 Å². The Balaban J connectivity index is 1.67. The normalized spacial score (nSPS) is 14.6. The Labute approximate surface area is 191 Å². The Hall–Kier alpha value is -2.72. The zero-order valence-electron chi connectivity index (χ0n) is 18.2. The summed E-state index contributed by atoms with van der Waals surface area (Å²) in [5.74, 6) is -0.674. The molecule has 0 radical (unpaired) electrons. The molecule has 7 nitrogen and oxygen atoms in total. The van der Waals surface area contributed by atoms with Crippen molar-refractivity contribution >= 4 is 33.0 Å². The molecule has 3 aromatic rings. The molecule has 0 saturated carbocycles. The van der Waals surface area contributed by atoms with Crippen molar-refractivity contribution in [3.63, 3.8) is 0 Å². The minimum Gasteiger partial charge on any atom is -0.345 e. The topological polar surface area (TPSA) is 84.3 Å². The number of hydrogen-bond donors (Lipinski definition) is 1. The molecule has 32 heavy (non-hydrogen) atoms. The highest BCUT2D eigenvalue weighted by atomic mass is 32.2. The Morgan fingerprint density at radius 2 is 1.84 bits per heavy atom. The number of hydrogen-bond acceptors (Lipinski definition) is 5. The lowest BCUT2D eigenvalue weighted by Crippen LogP contribution is -2.35. The van der Waals surface area contributed by atoms with Gasteiger partial charge in [0.15, 0.2) is 0 Å². The van der Waals surface area contributed by atoms with Gasteiger partial charge in [0.1, 0.15) is 20.6 Å². The predicted octanol–water partition coefficient (Wildman–Crippen LogP) is 4.33. The molecule has 0 spiro atoms. The van der Waals surface area contributed by atoms with Crippen molar-refractivity contribution < 1.29 is 17.6 Å². The predicted molar refractivity (Wildman–Crippen MR) is 123 cm³/mol. The first-order valence-electron chi connectivity index (χ1n) is 10.4. The van der Waals surface area contributed by atoms with Gasteiger partial charge in [0.2, 0.25) is 0 Å². The number of sulfonamides is 1. The van der Waals surface area contributed by atoms with E-state index in [2.05, 4.69) is 9.71 Å². The molecule has 1 aromatic carbocycles. The van der Waals surface area contributed by atoms with Gasteiger partial charge in [0.05, 0.1) is 17.1 Å². The van der Waals surface area contributed by atoms with Crippen LogP contribution in [0.2, 0.25) is 0 Å². The molecule has 170 valence electrons. The number of nitrogens with zero attached hydrogens (tertiary/aromatic N) is 3. The van der Waals surface area contributed by atoms with Crippen molar-refractivity contribution in [3.8, 4) is 10.7 Å². The Morgan fingerprint density at radius 3 is 2.53 bits per heavy atom. The largest absolute Gasteiger partial charge is 0.345 e. The lowest BCUT2D eigenvalue weighted by Gasteiger charge is -2.26. The van der Waals surface area contributed by atoms with E-state index in [9.17, 15) is 17.6 Å². The third kappa shape index (κ3) is 4.16. The number of likely N-dealkylation sites (tertiary alicyclic amines) is 1. The molecule has 0 bridgehead atoms. The SMILES string of the molecule is Cc1nc(-c2cc(S(=O)(=O)Nc3ccccc3F)c(C)n2C)sc1C(=O)N1CCCCC1. The van der Waals surface area contributed by atoms with Gasteiger partial charge in [-0.05, 0) is 51.3 Å². The van der Waals surface area contributed by atoms with E-state index in [1.165, 1.54) is 35.6 Å². The molecular weight excluding hydrogens is 451 g/mol. The van der Waals surface area contributed by atoms with E-state index in [0.717, 1.165) is 32.4 Å². The molecule has 1 N–H and O–H groups in total. The number of benzene rings is 1. The molecule has 1 amide bonds. The third-order valence-corrected chi connectivity index (χ3v) is 8.40. The lowest BCUT2D eigenvalue weighted by molar-refractivity contribution is 0.0728. The molecule has 1 aliphatic heterocycles. The summed E-state index contributed by atoms with van der Waals surface area (Å²) in [6, 6.07) is 7.14. The Morgan fingerprint density at radius 1 is 1.16 bits per heavy atom. The summed E-state index contributed by atoms with van der Waals surface area (Å²) in [4.78, 5) is 20.0. The molecule has 0 unspecified atom stereocenters. The van der Waals surface area contributed by atoms with Gasteiger partial charge < -0.3 is 9.47 Å². The van der Waals surface area contributed by atoms with Gasteiger partial charge in [0, 0.05) is 25.8 Å². The van der Waals surface area contributed by atoms with Crippen molar-refractivity contribution in [3.05, 3.63) is 52.4 Å².